The van der Waals surface area contributed by atoms with Gasteiger partial charge in [-0.15, -0.1) is 0 Å². The number of halogens is 2. The van der Waals surface area contributed by atoms with Gasteiger partial charge in [0.05, 0.1) is 28.5 Å². The fourth-order valence-electron chi connectivity index (χ4n) is 3.34. The lowest BCUT2D eigenvalue weighted by Gasteiger charge is -2.10. The highest BCUT2D eigenvalue weighted by Gasteiger charge is 2.20. The Morgan fingerprint density at radius 1 is 1.03 bits per heavy atom. The number of nitrogens with zero attached hydrogens (tertiary/aromatic N) is 2. The Hall–Kier alpha value is -2.90. The molecule has 0 atom stereocenters. The Labute approximate surface area is 179 Å². The zero-order valence-corrected chi connectivity index (χ0v) is 17.9. The molecule has 0 fully saturated rings. The van der Waals surface area contributed by atoms with Crippen LogP contribution in [0.15, 0.2) is 65.6 Å². The minimum absolute atomic E-state index is 0.175. The number of aryl methyl sites for hydroxylation is 1. The second-order valence-corrected chi connectivity index (χ2v) is 9.14. The molecule has 4 rings (SSSR count). The number of aromatic nitrogens is 2. The Bertz CT molecular complexity index is 1370. The smallest absolute Gasteiger partial charge is 0.262 e. The maximum Gasteiger partial charge on any atom is 0.262 e. The van der Waals surface area contributed by atoms with Gasteiger partial charge in [-0.3, -0.25) is 9.40 Å². The first-order valence-electron chi connectivity index (χ1n) is 9.24. The van der Waals surface area contributed by atoms with Crippen LogP contribution in [0.1, 0.15) is 17.0 Å². The first-order chi connectivity index (χ1) is 14.2. The zero-order valence-electron chi connectivity index (χ0n) is 16.4. The monoisotopic (exact) mass is 443 g/mol. The molecule has 3 aromatic carbocycles. The van der Waals surface area contributed by atoms with Gasteiger partial charge in [0, 0.05) is 5.02 Å². The normalized spacial score (nSPS) is 11.7. The van der Waals surface area contributed by atoms with Gasteiger partial charge in [-0.05, 0) is 54.4 Å². The summed E-state index contributed by atoms with van der Waals surface area (Å²) < 4.78 is 43.6. The summed E-state index contributed by atoms with van der Waals surface area (Å²) in [6.07, 6.45) is 0. The van der Waals surface area contributed by atoms with Crippen molar-refractivity contribution in [1.82, 2.24) is 9.78 Å². The number of sulfonamides is 1. The highest BCUT2D eigenvalue weighted by Crippen LogP contribution is 2.27. The Morgan fingerprint density at radius 2 is 1.77 bits per heavy atom. The van der Waals surface area contributed by atoms with Crippen LogP contribution in [0.3, 0.4) is 0 Å². The summed E-state index contributed by atoms with van der Waals surface area (Å²) >= 11 is 6.12. The lowest BCUT2D eigenvalue weighted by atomic mass is 10.1. The molecule has 0 aliphatic heterocycles. The number of fused-ring (bicyclic) bond motifs is 1. The van der Waals surface area contributed by atoms with E-state index < -0.39 is 15.8 Å². The minimum atomic E-state index is -3.80. The SMILES string of the molecule is Cc1nn(Cc2ccc(F)cc2Cl)c(C)c1NS(=O)(=O)c1ccc2ccccc2c1. The van der Waals surface area contributed by atoms with Gasteiger partial charge in [0.25, 0.3) is 10.0 Å². The molecule has 0 unspecified atom stereocenters. The van der Waals surface area contributed by atoms with E-state index in [-0.39, 0.29) is 4.90 Å². The summed E-state index contributed by atoms with van der Waals surface area (Å²) in [6, 6.07) is 16.7. The number of hydrogen-bond acceptors (Lipinski definition) is 3. The Morgan fingerprint density at radius 3 is 2.50 bits per heavy atom. The standard InChI is InChI=1S/C22H19ClFN3O2S/c1-14-22(15(2)27(25-14)13-18-7-9-19(24)12-21(18)23)26-30(28,29)20-10-8-16-5-3-4-6-17(16)11-20/h3-12,26H,13H2,1-2H3. The molecule has 0 radical (unpaired) electrons. The maximum atomic E-state index is 13.3. The van der Waals surface area contributed by atoms with E-state index in [9.17, 15) is 12.8 Å². The van der Waals surface area contributed by atoms with Crippen molar-refractivity contribution in [1.29, 1.82) is 0 Å². The van der Waals surface area contributed by atoms with Gasteiger partial charge in [0.15, 0.2) is 0 Å². The molecule has 0 saturated heterocycles. The van der Waals surface area contributed by atoms with Gasteiger partial charge in [0.1, 0.15) is 5.82 Å². The summed E-state index contributed by atoms with van der Waals surface area (Å²) in [5, 5.41) is 6.54. The van der Waals surface area contributed by atoms with Crippen LogP contribution in [0.5, 0.6) is 0 Å². The third kappa shape index (κ3) is 3.91. The Kier molecular flexibility index (Phi) is 5.26. The molecular weight excluding hydrogens is 425 g/mol. The van der Waals surface area contributed by atoms with Crippen molar-refractivity contribution in [2.75, 3.05) is 4.72 Å². The minimum Gasteiger partial charge on any atom is -0.276 e. The van der Waals surface area contributed by atoms with E-state index in [1.54, 1.807) is 42.8 Å². The first-order valence-corrected chi connectivity index (χ1v) is 11.1. The van der Waals surface area contributed by atoms with Crippen LogP contribution in [0.4, 0.5) is 10.1 Å². The molecular formula is C22H19ClFN3O2S. The molecule has 0 saturated carbocycles. The first kappa shape index (κ1) is 20.4. The molecule has 0 bridgehead atoms. The van der Waals surface area contributed by atoms with E-state index in [0.717, 1.165) is 10.8 Å². The van der Waals surface area contributed by atoms with E-state index in [4.69, 9.17) is 11.6 Å². The van der Waals surface area contributed by atoms with E-state index >= 15 is 0 Å². The predicted octanol–water partition coefficient (Wildman–Crippen LogP) is 5.29. The summed E-state index contributed by atoms with van der Waals surface area (Å²) in [5.74, 6) is -0.416. The molecule has 4 aromatic rings. The van der Waals surface area contributed by atoms with Crippen LogP contribution >= 0.6 is 11.6 Å². The second-order valence-electron chi connectivity index (χ2n) is 7.05. The number of anilines is 1. The lowest BCUT2D eigenvalue weighted by molar-refractivity contribution is 0.601. The number of benzene rings is 3. The highest BCUT2D eigenvalue weighted by atomic mass is 35.5. The summed E-state index contributed by atoms with van der Waals surface area (Å²) in [7, 11) is -3.80. The topological polar surface area (TPSA) is 64.0 Å². The second kappa shape index (κ2) is 7.74. The molecule has 154 valence electrons. The Balaban J connectivity index is 1.65. The lowest BCUT2D eigenvalue weighted by Crippen LogP contribution is -2.14. The average molecular weight is 444 g/mol. The molecule has 8 heteroatoms. The van der Waals surface area contributed by atoms with E-state index in [1.165, 1.54) is 12.1 Å². The largest absolute Gasteiger partial charge is 0.276 e. The molecule has 1 heterocycles. The van der Waals surface area contributed by atoms with E-state index in [1.807, 2.05) is 24.3 Å². The summed E-state index contributed by atoms with van der Waals surface area (Å²) in [6.45, 7) is 3.80. The molecule has 0 spiro atoms. The van der Waals surface area contributed by atoms with Gasteiger partial charge >= 0.3 is 0 Å². The predicted molar refractivity (Wildman–Crippen MR) is 117 cm³/mol. The van der Waals surface area contributed by atoms with Crippen LogP contribution in [-0.2, 0) is 16.6 Å². The van der Waals surface area contributed by atoms with Crippen molar-refractivity contribution in [2.24, 2.45) is 0 Å². The fraction of sp³-hybridized carbons (Fsp3) is 0.136. The molecule has 30 heavy (non-hydrogen) atoms. The summed E-state index contributed by atoms with van der Waals surface area (Å²) in [4.78, 5) is 0.175. The number of hydrogen-bond donors (Lipinski definition) is 1. The van der Waals surface area contributed by atoms with Crippen molar-refractivity contribution >= 4 is 38.1 Å². The van der Waals surface area contributed by atoms with Crippen molar-refractivity contribution in [2.45, 2.75) is 25.3 Å². The maximum absolute atomic E-state index is 13.3. The van der Waals surface area contributed by atoms with Crippen molar-refractivity contribution in [3.63, 3.8) is 0 Å². The van der Waals surface area contributed by atoms with Crippen LogP contribution < -0.4 is 4.72 Å². The third-order valence-electron chi connectivity index (χ3n) is 4.98. The number of nitrogens with one attached hydrogen (secondary N) is 1. The quantitative estimate of drug-likeness (QED) is 0.455. The third-order valence-corrected chi connectivity index (χ3v) is 6.68. The molecule has 1 aromatic heterocycles. The van der Waals surface area contributed by atoms with Gasteiger partial charge in [-0.1, -0.05) is 48.0 Å². The molecule has 0 aliphatic rings. The van der Waals surface area contributed by atoms with Gasteiger partial charge in [-0.25, -0.2) is 12.8 Å². The van der Waals surface area contributed by atoms with Gasteiger partial charge in [0.2, 0.25) is 0 Å². The van der Waals surface area contributed by atoms with Gasteiger partial charge in [-0.2, -0.15) is 5.10 Å². The van der Waals surface area contributed by atoms with Crippen LogP contribution in [0, 0.1) is 19.7 Å². The molecule has 1 N–H and O–H groups in total. The van der Waals surface area contributed by atoms with Crippen molar-refractivity contribution < 1.29 is 12.8 Å². The van der Waals surface area contributed by atoms with Crippen LogP contribution in [0.25, 0.3) is 10.8 Å². The zero-order chi connectivity index (χ0) is 21.5. The molecule has 5 nitrogen and oxygen atoms in total. The summed E-state index contributed by atoms with van der Waals surface area (Å²) in [5.41, 5.74) is 2.28. The van der Waals surface area contributed by atoms with Crippen molar-refractivity contribution in [3.05, 3.63) is 88.5 Å². The van der Waals surface area contributed by atoms with Crippen molar-refractivity contribution in [3.8, 4) is 0 Å². The molecule has 0 amide bonds. The van der Waals surface area contributed by atoms with Gasteiger partial charge < -0.3 is 0 Å². The highest BCUT2D eigenvalue weighted by molar-refractivity contribution is 7.92. The number of rotatable bonds is 5. The fourth-order valence-corrected chi connectivity index (χ4v) is 4.78. The van der Waals surface area contributed by atoms with E-state index in [2.05, 4.69) is 9.82 Å². The van der Waals surface area contributed by atoms with Crippen LogP contribution in [-0.4, -0.2) is 18.2 Å². The van der Waals surface area contributed by atoms with E-state index in [0.29, 0.717) is 34.2 Å². The van der Waals surface area contributed by atoms with Crippen LogP contribution in [0.2, 0.25) is 5.02 Å². The molecule has 0 aliphatic carbocycles. The average Bonchev–Trinajstić information content (AvgIpc) is 2.97.